The quantitative estimate of drug-likeness (QED) is 0.740. The topological polar surface area (TPSA) is 82.7 Å². The van der Waals surface area contributed by atoms with Crippen LogP contribution in [0.4, 0.5) is 10.5 Å². The lowest BCUT2D eigenvalue weighted by molar-refractivity contribution is 0.0950. The minimum Gasteiger partial charge on any atom is -0.495 e. The first-order valence-electron chi connectivity index (χ1n) is 7.94. The van der Waals surface area contributed by atoms with Crippen LogP contribution in [0.5, 0.6) is 5.75 Å². The number of carbonyl (C=O) groups excluding carboxylic acids is 2. The SMILES string of the molecule is COc1ccc(C(=O)NCC2CCCN2)cc1N1CCNC1=O.Cl. The highest BCUT2D eigenvalue weighted by Gasteiger charge is 2.25. The predicted octanol–water partition coefficient (Wildman–Crippen LogP) is 1.13. The lowest BCUT2D eigenvalue weighted by Crippen LogP contribution is -2.37. The normalized spacial score (nSPS) is 19.6. The minimum absolute atomic E-state index is 0. The van der Waals surface area contributed by atoms with Crippen LogP contribution in [-0.2, 0) is 0 Å². The van der Waals surface area contributed by atoms with Crippen LogP contribution in [0.2, 0.25) is 0 Å². The average Bonchev–Trinajstić information content (AvgIpc) is 3.23. The molecule has 2 fully saturated rings. The number of benzene rings is 1. The number of ether oxygens (including phenoxy) is 1. The average molecular weight is 355 g/mol. The molecule has 0 radical (unpaired) electrons. The Labute approximate surface area is 147 Å². The van der Waals surface area contributed by atoms with E-state index in [1.165, 1.54) is 0 Å². The third-order valence-electron chi connectivity index (χ3n) is 4.26. The number of halogens is 1. The van der Waals surface area contributed by atoms with Crippen molar-refractivity contribution in [3.05, 3.63) is 23.8 Å². The van der Waals surface area contributed by atoms with Gasteiger partial charge in [0.15, 0.2) is 0 Å². The van der Waals surface area contributed by atoms with Crippen LogP contribution in [0.3, 0.4) is 0 Å². The zero-order valence-electron chi connectivity index (χ0n) is 13.6. The van der Waals surface area contributed by atoms with Gasteiger partial charge < -0.3 is 20.7 Å². The van der Waals surface area contributed by atoms with E-state index >= 15 is 0 Å². The standard InChI is InChI=1S/C16H22N4O3.ClH/c1-23-14-5-4-11(9-13(14)20-8-7-18-16(20)22)15(21)19-10-12-3-2-6-17-12;/h4-5,9,12,17H,2-3,6-8,10H2,1H3,(H,18,22)(H,19,21);1H. The first-order chi connectivity index (χ1) is 11.2. The zero-order chi connectivity index (χ0) is 16.2. The molecule has 0 saturated carbocycles. The van der Waals surface area contributed by atoms with Gasteiger partial charge in [-0.2, -0.15) is 0 Å². The fourth-order valence-electron chi connectivity index (χ4n) is 2.99. The highest BCUT2D eigenvalue weighted by molar-refractivity contribution is 5.99. The fraction of sp³-hybridized carbons (Fsp3) is 0.500. The number of nitrogens with one attached hydrogen (secondary N) is 3. The molecular weight excluding hydrogens is 332 g/mol. The first-order valence-corrected chi connectivity index (χ1v) is 7.94. The van der Waals surface area contributed by atoms with E-state index < -0.39 is 0 Å². The highest BCUT2D eigenvalue weighted by atomic mass is 35.5. The van der Waals surface area contributed by atoms with Crippen molar-refractivity contribution >= 4 is 30.0 Å². The molecule has 2 saturated heterocycles. The van der Waals surface area contributed by atoms with Gasteiger partial charge in [0.05, 0.1) is 12.8 Å². The van der Waals surface area contributed by atoms with E-state index in [0.717, 1.165) is 19.4 Å². The summed E-state index contributed by atoms with van der Waals surface area (Å²) in [5, 5.41) is 9.05. The maximum Gasteiger partial charge on any atom is 0.322 e. The second-order valence-corrected chi connectivity index (χ2v) is 5.77. The molecular formula is C16H23ClN4O3. The summed E-state index contributed by atoms with van der Waals surface area (Å²) >= 11 is 0. The Morgan fingerprint density at radius 3 is 2.88 bits per heavy atom. The molecule has 2 heterocycles. The summed E-state index contributed by atoms with van der Waals surface area (Å²) < 4.78 is 5.32. The molecule has 2 aliphatic rings. The van der Waals surface area contributed by atoms with E-state index in [4.69, 9.17) is 4.74 Å². The molecule has 7 nitrogen and oxygen atoms in total. The Bertz CT molecular complexity index is 605. The smallest absolute Gasteiger partial charge is 0.322 e. The molecule has 0 aromatic heterocycles. The molecule has 1 atom stereocenters. The van der Waals surface area contributed by atoms with Crippen LogP contribution in [-0.4, -0.2) is 51.3 Å². The van der Waals surface area contributed by atoms with E-state index in [2.05, 4.69) is 16.0 Å². The van der Waals surface area contributed by atoms with Crippen LogP contribution in [0.25, 0.3) is 0 Å². The first kappa shape index (κ1) is 18.4. The number of amides is 3. The second-order valence-electron chi connectivity index (χ2n) is 5.77. The molecule has 1 aromatic carbocycles. The zero-order valence-corrected chi connectivity index (χ0v) is 14.4. The minimum atomic E-state index is -0.170. The number of carbonyl (C=O) groups is 2. The Balaban J connectivity index is 0.00000208. The van der Waals surface area contributed by atoms with Crippen molar-refractivity contribution in [1.82, 2.24) is 16.0 Å². The van der Waals surface area contributed by atoms with E-state index in [1.54, 1.807) is 30.2 Å². The van der Waals surface area contributed by atoms with Crippen molar-refractivity contribution in [2.24, 2.45) is 0 Å². The van der Waals surface area contributed by atoms with E-state index in [-0.39, 0.29) is 24.3 Å². The molecule has 2 aliphatic heterocycles. The molecule has 132 valence electrons. The number of anilines is 1. The van der Waals surface area contributed by atoms with E-state index in [0.29, 0.717) is 42.7 Å². The van der Waals surface area contributed by atoms with Crippen molar-refractivity contribution in [2.75, 3.05) is 38.2 Å². The molecule has 8 heteroatoms. The maximum absolute atomic E-state index is 12.4. The van der Waals surface area contributed by atoms with Crippen LogP contribution >= 0.6 is 12.4 Å². The van der Waals surface area contributed by atoms with Gasteiger partial charge in [-0.25, -0.2) is 4.79 Å². The second kappa shape index (κ2) is 8.21. The van der Waals surface area contributed by atoms with E-state index in [9.17, 15) is 9.59 Å². The molecule has 1 unspecified atom stereocenters. The Kier molecular flexibility index (Phi) is 6.28. The van der Waals surface area contributed by atoms with Gasteiger partial charge in [-0.3, -0.25) is 9.69 Å². The van der Waals surface area contributed by atoms with Crippen LogP contribution < -0.4 is 25.6 Å². The van der Waals surface area contributed by atoms with Gasteiger partial charge in [0.1, 0.15) is 5.75 Å². The molecule has 24 heavy (non-hydrogen) atoms. The molecule has 3 rings (SSSR count). The lowest BCUT2D eigenvalue weighted by atomic mass is 10.1. The summed E-state index contributed by atoms with van der Waals surface area (Å²) in [6.45, 7) is 2.78. The third kappa shape index (κ3) is 3.91. The molecule has 0 bridgehead atoms. The van der Waals surface area contributed by atoms with Crippen molar-refractivity contribution in [3.8, 4) is 5.75 Å². The number of nitrogens with zero attached hydrogens (tertiary/aromatic N) is 1. The van der Waals surface area contributed by atoms with Crippen molar-refractivity contribution in [3.63, 3.8) is 0 Å². The van der Waals surface area contributed by atoms with Crippen LogP contribution in [0.1, 0.15) is 23.2 Å². The van der Waals surface area contributed by atoms with Gasteiger partial charge in [0, 0.05) is 31.2 Å². The van der Waals surface area contributed by atoms with Crippen molar-refractivity contribution in [1.29, 1.82) is 0 Å². The van der Waals surface area contributed by atoms with Crippen molar-refractivity contribution in [2.45, 2.75) is 18.9 Å². The summed E-state index contributed by atoms with van der Waals surface area (Å²) in [7, 11) is 1.55. The van der Waals surface area contributed by atoms with Gasteiger partial charge in [0.2, 0.25) is 0 Å². The maximum atomic E-state index is 12.4. The monoisotopic (exact) mass is 354 g/mol. The number of methoxy groups -OCH3 is 1. The number of rotatable bonds is 5. The number of urea groups is 1. The number of hydrogen-bond acceptors (Lipinski definition) is 4. The summed E-state index contributed by atoms with van der Waals surface area (Å²) in [4.78, 5) is 25.8. The molecule has 0 spiro atoms. The predicted molar refractivity (Wildman–Crippen MR) is 94.3 cm³/mol. The molecule has 3 N–H and O–H groups in total. The summed E-state index contributed by atoms with van der Waals surface area (Å²) in [6, 6.07) is 5.33. The highest BCUT2D eigenvalue weighted by Crippen LogP contribution is 2.30. The fourth-order valence-corrected chi connectivity index (χ4v) is 2.99. The third-order valence-corrected chi connectivity index (χ3v) is 4.26. The van der Waals surface area contributed by atoms with Crippen LogP contribution in [0, 0.1) is 0 Å². The molecule has 3 amide bonds. The van der Waals surface area contributed by atoms with Gasteiger partial charge in [0.25, 0.3) is 5.91 Å². The summed E-state index contributed by atoms with van der Waals surface area (Å²) in [5.41, 5.74) is 1.15. The Hall–Kier alpha value is -1.99. The molecule has 1 aromatic rings. The molecule has 0 aliphatic carbocycles. The van der Waals surface area contributed by atoms with Crippen molar-refractivity contribution < 1.29 is 14.3 Å². The Morgan fingerprint density at radius 2 is 2.25 bits per heavy atom. The largest absolute Gasteiger partial charge is 0.495 e. The van der Waals surface area contributed by atoms with Crippen LogP contribution in [0.15, 0.2) is 18.2 Å². The van der Waals surface area contributed by atoms with Gasteiger partial charge in [-0.05, 0) is 37.6 Å². The van der Waals surface area contributed by atoms with Gasteiger partial charge in [-0.1, -0.05) is 0 Å². The number of hydrogen-bond donors (Lipinski definition) is 3. The summed E-state index contributed by atoms with van der Waals surface area (Å²) in [5.74, 6) is 0.443. The summed E-state index contributed by atoms with van der Waals surface area (Å²) in [6.07, 6.45) is 2.24. The van der Waals surface area contributed by atoms with E-state index in [1.807, 2.05) is 0 Å². The lowest BCUT2D eigenvalue weighted by Gasteiger charge is -2.19. The Morgan fingerprint density at radius 1 is 1.42 bits per heavy atom. The van der Waals surface area contributed by atoms with Gasteiger partial charge in [-0.15, -0.1) is 12.4 Å². The van der Waals surface area contributed by atoms with Gasteiger partial charge >= 0.3 is 6.03 Å².